The van der Waals surface area contributed by atoms with Gasteiger partial charge in [-0.1, -0.05) is 54.0 Å². The highest BCUT2D eigenvalue weighted by atomic mass is 16.8. The highest BCUT2D eigenvalue weighted by Crippen LogP contribution is 2.32. The summed E-state index contributed by atoms with van der Waals surface area (Å²) in [6, 6.07) is 4.13. The van der Waals surface area contributed by atoms with E-state index in [0.717, 1.165) is 6.42 Å². The van der Waals surface area contributed by atoms with Crippen molar-refractivity contribution in [3.8, 4) is 11.5 Å². The second-order valence-corrected chi connectivity index (χ2v) is 11.5. The Balaban J connectivity index is 3.18. The van der Waals surface area contributed by atoms with Crippen molar-refractivity contribution in [2.45, 2.75) is 105 Å². The Morgan fingerprint density at radius 1 is 0.810 bits per heavy atom. The number of carboxylic acids is 1. The van der Waals surface area contributed by atoms with Gasteiger partial charge in [0.25, 0.3) is 0 Å². The zero-order valence-electron chi connectivity index (χ0n) is 26.1. The monoisotopic (exact) mass is 597 g/mol. The third-order valence-corrected chi connectivity index (χ3v) is 6.91. The predicted molar refractivity (Wildman–Crippen MR) is 153 cm³/mol. The van der Waals surface area contributed by atoms with Gasteiger partial charge >= 0.3 is 24.4 Å². The Morgan fingerprint density at radius 2 is 1.33 bits per heavy atom. The molecule has 1 aromatic carbocycles. The van der Waals surface area contributed by atoms with E-state index in [-0.39, 0.29) is 48.7 Å². The van der Waals surface area contributed by atoms with Crippen LogP contribution in [0.3, 0.4) is 0 Å². The fraction of sp³-hybridized carbons (Fsp3) is 0.667. The van der Waals surface area contributed by atoms with E-state index in [2.05, 4.69) is 0 Å². The molecule has 1 rings (SSSR count). The summed E-state index contributed by atoms with van der Waals surface area (Å²) in [7, 11) is 0. The molecule has 1 aromatic rings. The minimum Gasteiger partial charge on any atom is -0.480 e. The molecule has 5 atom stereocenters. The normalized spacial score (nSPS) is 15.5. The van der Waals surface area contributed by atoms with Gasteiger partial charge in [-0.3, -0.25) is 4.79 Å². The van der Waals surface area contributed by atoms with E-state index >= 15 is 0 Å². The van der Waals surface area contributed by atoms with Crippen molar-refractivity contribution in [1.82, 2.24) is 0 Å². The van der Waals surface area contributed by atoms with Gasteiger partial charge in [-0.15, -0.1) is 0 Å². The maximum Gasteiger partial charge on any atom is 0.514 e. The number of carbonyl (C=O) groups excluding carboxylic acids is 3. The standard InChI is InChI=1S/C30H47NO11/c1-10-19(6)16-37-27(34)38-20(7)14-30(31,26(32)33)15-23-11-12-24(41-28(35)39-21(8)17(2)3)25(13-23)42-29(36)40-22(9)18(4)5/h11-13,17-22H,10,14-16,31H2,1-9H3,(H,32,33)/t19?,20-,21?,22?,30?/m0/s1. The van der Waals surface area contributed by atoms with Crippen LogP contribution in [0.15, 0.2) is 18.2 Å². The number of benzene rings is 1. The Bertz CT molecular complexity index is 1060. The molecule has 238 valence electrons. The number of carbonyl (C=O) groups is 4. The molecule has 12 nitrogen and oxygen atoms in total. The Labute approximate surface area is 248 Å². The molecule has 0 bridgehead atoms. The summed E-state index contributed by atoms with van der Waals surface area (Å²) in [6.45, 7) is 16.4. The van der Waals surface area contributed by atoms with Crippen molar-refractivity contribution in [2.24, 2.45) is 23.5 Å². The molecule has 12 heteroatoms. The molecule has 0 aliphatic heterocycles. The van der Waals surface area contributed by atoms with E-state index < -0.39 is 48.3 Å². The van der Waals surface area contributed by atoms with Crippen LogP contribution < -0.4 is 15.2 Å². The van der Waals surface area contributed by atoms with Gasteiger partial charge in [-0.05, 0) is 56.2 Å². The minimum atomic E-state index is -1.88. The Hall–Kier alpha value is -3.54. The summed E-state index contributed by atoms with van der Waals surface area (Å²) >= 11 is 0. The molecule has 0 saturated carbocycles. The first kappa shape index (κ1) is 36.5. The second kappa shape index (κ2) is 16.8. The summed E-state index contributed by atoms with van der Waals surface area (Å²) in [4.78, 5) is 49.2. The largest absolute Gasteiger partial charge is 0.514 e. The van der Waals surface area contributed by atoms with Crippen LogP contribution in [0.1, 0.15) is 80.7 Å². The quantitative estimate of drug-likeness (QED) is 0.135. The zero-order chi connectivity index (χ0) is 32.2. The number of hydrogen-bond acceptors (Lipinski definition) is 11. The number of nitrogens with two attached hydrogens (primary N) is 1. The number of rotatable bonds is 15. The van der Waals surface area contributed by atoms with Gasteiger partial charge in [0.2, 0.25) is 0 Å². The zero-order valence-corrected chi connectivity index (χ0v) is 26.1. The first-order valence-electron chi connectivity index (χ1n) is 14.2. The first-order valence-corrected chi connectivity index (χ1v) is 14.2. The lowest BCUT2D eigenvalue weighted by Crippen LogP contribution is -2.52. The molecular weight excluding hydrogens is 550 g/mol. The van der Waals surface area contributed by atoms with Crippen LogP contribution in [0, 0.1) is 17.8 Å². The highest BCUT2D eigenvalue weighted by molar-refractivity contribution is 5.79. The summed E-state index contributed by atoms with van der Waals surface area (Å²) in [6.07, 6.45) is -4.45. The van der Waals surface area contributed by atoms with Crippen molar-refractivity contribution in [3.05, 3.63) is 23.8 Å². The van der Waals surface area contributed by atoms with Crippen LogP contribution >= 0.6 is 0 Å². The second-order valence-electron chi connectivity index (χ2n) is 11.5. The topological polar surface area (TPSA) is 170 Å². The summed E-state index contributed by atoms with van der Waals surface area (Å²) < 4.78 is 31.5. The molecule has 0 saturated heterocycles. The molecule has 0 spiro atoms. The van der Waals surface area contributed by atoms with Gasteiger partial charge in [0.15, 0.2) is 11.5 Å². The number of ether oxygens (including phenoxy) is 6. The minimum absolute atomic E-state index is 0.0112. The number of aliphatic carboxylic acids is 1. The Kier molecular flexibility index (Phi) is 14.6. The maximum absolute atomic E-state index is 12.5. The van der Waals surface area contributed by atoms with Crippen molar-refractivity contribution >= 4 is 24.4 Å². The summed E-state index contributed by atoms with van der Waals surface area (Å²) in [5.74, 6) is -1.50. The van der Waals surface area contributed by atoms with Gasteiger partial charge in [-0.25, -0.2) is 14.4 Å². The fourth-order valence-corrected chi connectivity index (χ4v) is 3.31. The third kappa shape index (κ3) is 12.5. The van der Waals surface area contributed by atoms with Gasteiger partial charge in [0.05, 0.1) is 6.61 Å². The molecule has 0 radical (unpaired) electrons. The average molecular weight is 598 g/mol. The van der Waals surface area contributed by atoms with E-state index in [1.807, 2.05) is 41.5 Å². The van der Waals surface area contributed by atoms with E-state index in [9.17, 15) is 24.3 Å². The summed E-state index contributed by atoms with van der Waals surface area (Å²) in [5.41, 5.74) is 4.73. The molecule has 4 unspecified atom stereocenters. The van der Waals surface area contributed by atoms with E-state index in [1.165, 1.54) is 25.1 Å². The SMILES string of the molecule is CCC(C)COC(=O)O[C@@H](C)CC(N)(Cc1ccc(OC(=O)OC(C)C(C)C)c(OC(=O)OC(C)C(C)C)c1)C(=O)O. The van der Waals surface area contributed by atoms with Crippen molar-refractivity contribution < 1.29 is 52.7 Å². The lowest BCUT2D eigenvalue weighted by Gasteiger charge is -2.28. The Morgan fingerprint density at radius 3 is 1.81 bits per heavy atom. The number of carboxylic acid groups (broad SMARTS) is 1. The summed E-state index contributed by atoms with van der Waals surface area (Å²) in [5, 5.41) is 9.96. The molecule has 3 N–H and O–H groups in total. The number of hydrogen-bond donors (Lipinski definition) is 2. The molecule has 0 aliphatic carbocycles. The van der Waals surface area contributed by atoms with Crippen LogP contribution in [-0.4, -0.2) is 60.0 Å². The van der Waals surface area contributed by atoms with Crippen molar-refractivity contribution in [2.75, 3.05) is 6.61 Å². The molecule has 0 aliphatic rings. The van der Waals surface area contributed by atoms with Crippen molar-refractivity contribution in [3.63, 3.8) is 0 Å². The lowest BCUT2D eigenvalue weighted by molar-refractivity contribution is -0.144. The van der Waals surface area contributed by atoms with Crippen molar-refractivity contribution in [1.29, 1.82) is 0 Å². The fourth-order valence-electron chi connectivity index (χ4n) is 3.31. The molecule has 0 heterocycles. The van der Waals surface area contributed by atoms with Gasteiger partial charge in [-0.2, -0.15) is 0 Å². The van der Waals surface area contributed by atoms with E-state index in [0.29, 0.717) is 5.56 Å². The first-order chi connectivity index (χ1) is 19.5. The van der Waals surface area contributed by atoms with E-state index in [4.69, 9.17) is 34.2 Å². The van der Waals surface area contributed by atoms with Crippen LogP contribution in [-0.2, 0) is 30.2 Å². The molecule has 0 fully saturated rings. The molecular formula is C30H47NO11. The molecule has 0 aromatic heterocycles. The molecule has 0 amide bonds. The smallest absolute Gasteiger partial charge is 0.480 e. The molecule has 42 heavy (non-hydrogen) atoms. The van der Waals surface area contributed by atoms with Crippen LogP contribution in [0.2, 0.25) is 0 Å². The predicted octanol–water partition coefficient (Wildman–Crippen LogP) is 6.11. The highest BCUT2D eigenvalue weighted by Gasteiger charge is 2.37. The van der Waals surface area contributed by atoms with Crippen LogP contribution in [0.4, 0.5) is 14.4 Å². The van der Waals surface area contributed by atoms with Crippen LogP contribution in [0.5, 0.6) is 11.5 Å². The van der Waals surface area contributed by atoms with E-state index in [1.54, 1.807) is 13.8 Å². The van der Waals surface area contributed by atoms with Gasteiger partial charge in [0.1, 0.15) is 23.9 Å². The van der Waals surface area contributed by atoms with Crippen LogP contribution in [0.25, 0.3) is 0 Å². The van der Waals surface area contributed by atoms with Gasteiger partial charge < -0.3 is 39.3 Å². The average Bonchev–Trinajstić information content (AvgIpc) is 2.88. The maximum atomic E-state index is 12.5. The van der Waals surface area contributed by atoms with Gasteiger partial charge in [0, 0.05) is 12.8 Å². The lowest BCUT2D eigenvalue weighted by atomic mass is 9.86. The third-order valence-electron chi connectivity index (χ3n) is 6.91.